The number of nitrogens with zero attached hydrogens (tertiary/aromatic N) is 2. The number of hydrogen-bond acceptors (Lipinski definition) is 5. The molecule has 1 saturated heterocycles. The zero-order valence-corrected chi connectivity index (χ0v) is 11.4. The van der Waals surface area contributed by atoms with Gasteiger partial charge in [0.05, 0.1) is 12.6 Å². The fraction of sp³-hybridized carbons (Fsp3) is 0.467. The van der Waals surface area contributed by atoms with Crippen LogP contribution in [0.15, 0.2) is 34.9 Å². The normalized spacial score (nSPS) is 20.8. The maximum Gasteiger partial charge on any atom is 0.243 e. The average Bonchev–Trinajstić information content (AvgIpc) is 2.99. The van der Waals surface area contributed by atoms with Gasteiger partial charge >= 0.3 is 0 Å². The summed E-state index contributed by atoms with van der Waals surface area (Å²) in [6.07, 6.45) is 2.79. The van der Waals surface area contributed by atoms with Gasteiger partial charge in [-0.3, -0.25) is 0 Å². The molecule has 2 N–H and O–H groups in total. The number of nitrogens with two attached hydrogens (primary N) is 1. The summed E-state index contributed by atoms with van der Waals surface area (Å²) in [6, 6.07) is 9.82. The number of ether oxygens (including phenoxy) is 1. The molecule has 2 heterocycles. The third-order valence-corrected chi connectivity index (χ3v) is 3.60. The van der Waals surface area contributed by atoms with E-state index >= 15 is 0 Å². The number of benzene rings is 1. The highest BCUT2D eigenvalue weighted by molar-refractivity contribution is 5.16. The summed E-state index contributed by atoms with van der Waals surface area (Å²) in [6.45, 7) is 1.50. The van der Waals surface area contributed by atoms with E-state index in [1.165, 1.54) is 5.56 Å². The third-order valence-electron chi connectivity index (χ3n) is 3.60. The van der Waals surface area contributed by atoms with Crippen LogP contribution in [-0.4, -0.2) is 23.4 Å². The van der Waals surface area contributed by atoms with Crippen molar-refractivity contribution in [3.63, 3.8) is 0 Å². The lowest BCUT2D eigenvalue weighted by atomic mass is 10.0. The van der Waals surface area contributed by atoms with Crippen LogP contribution in [0.4, 0.5) is 0 Å². The van der Waals surface area contributed by atoms with Crippen molar-refractivity contribution in [1.29, 1.82) is 0 Å². The fourth-order valence-electron chi connectivity index (χ4n) is 2.46. The second-order valence-corrected chi connectivity index (χ2v) is 5.20. The molecule has 1 aromatic heterocycles. The Morgan fingerprint density at radius 1 is 1.30 bits per heavy atom. The van der Waals surface area contributed by atoms with E-state index in [0.29, 0.717) is 18.9 Å². The highest BCUT2D eigenvalue weighted by Crippen LogP contribution is 2.24. The third kappa shape index (κ3) is 3.05. The second kappa shape index (κ2) is 6.15. The predicted molar refractivity (Wildman–Crippen MR) is 74.2 cm³/mol. The average molecular weight is 273 g/mol. The molecule has 0 aliphatic carbocycles. The molecule has 5 heteroatoms. The van der Waals surface area contributed by atoms with Gasteiger partial charge in [-0.1, -0.05) is 35.5 Å². The molecule has 0 radical (unpaired) electrons. The lowest BCUT2D eigenvalue weighted by Crippen LogP contribution is -2.17. The van der Waals surface area contributed by atoms with Gasteiger partial charge in [0.15, 0.2) is 5.82 Å². The zero-order chi connectivity index (χ0) is 13.8. The van der Waals surface area contributed by atoms with E-state index in [4.69, 9.17) is 15.0 Å². The minimum Gasteiger partial charge on any atom is -0.381 e. The van der Waals surface area contributed by atoms with Crippen LogP contribution in [0.2, 0.25) is 0 Å². The lowest BCUT2D eigenvalue weighted by molar-refractivity contribution is 0.0773. The number of rotatable bonds is 4. The van der Waals surface area contributed by atoms with Crippen molar-refractivity contribution < 1.29 is 9.26 Å². The van der Waals surface area contributed by atoms with E-state index in [1.807, 2.05) is 30.3 Å². The molecule has 1 fully saturated rings. The van der Waals surface area contributed by atoms with E-state index in [-0.39, 0.29) is 12.0 Å². The highest BCUT2D eigenvalue weighted by atomic mass is 16.5. The van der Waals surface area contributed by atoms with Gasteiger partial charge in [0.25, 0.3) is 0 Å². The molecular formula is C15H19N3O2. The van der Waals surface area contributed by atoms with Gasteiger partial charge in [-0.15, -0.1) is 0 Å². The Morgan fingerprint density at radius 3 is 2.90 bits per heavy atom. The van der Waals surface area contributed by atoms with Gasteiger partial charge in [0.1, 0.15) is 0 Å². The molecule has 0 bridgehead atoms. The van der Waals surface area contributed by atoms with E-state index in [2.05, 4.69) is 10.1 Å². The summed E-state index contributed by atoms with van der Waals surface area (Å²) in [4.78, 5) is 4.45. The molecule has 3 rings (SSSR count). The molecule has 0 saturated carbocycles. The molecule has 2 atom stereocenters. The van der Waals surface area contributed by atoms with E-state index in [1.54, 1.807) is 0 Å². The van der Waals surface area contributed by atoms with Crippen LogP contribution in [0, 0.1) is 0 Å². The maximum absolute atomic E-state index is 6.14. The van der Waals surface area contributed by atoms with Crippen molar-refractivity contribution >= 4 is 0 Å². The van der Waals surface area contributed by atoms with Gasteiger partial charge in [0, 0.05) is 12.5 Å². The second-order valence-electron chi connectivity index (χ2n) is 5.20. The Bertz CT molecular complexity index is 535. The molecule has 2 aromatic rings. The van der Waals surface area contributed by atoms with Crippen molar-refractivity contribution in [2.75, 3.05) is 13.2 Å². The summed E-state index contributed by atoms with van der Waals surface area (Å²) in [5.41, 5.74) is 7.31. The largest absolute Gasteiger partial charge is 0.381 e. The van der Waals surface area contributed by atoms with Crippen LogP contribution >= 0.6 is 0 Å². The Kier molecular flexibility index (Phi) is 4.08. The summed E-state index contributed by atoms with van der Waals surface area (Å²) in [7, 11) is 0. The topological polar surface area (TPSA) is 74.2 Å². The van der Waals surface area contributed by atoms with E-state index in [9.17, 15) is 0 Å². The van der Waals surface area contributed by atoms with Crippen LogP contribution in [0.25, 0.3) is 0 Å². The summed E-state index contributed by atoms with van der Waals surface area (Å²) < 4.78 is 10.8. The fourth-order valence-corrected chi connectivity index (χ4v) is 2.46. The summed E-state index contributed by atoms with van der Waals surface area (Å²) in [5.74, 6) is 1.47. The molecule has 20 heavy (non-hydrogen) atoms. The van der Waals surface area contributed by atoms with Gasteiger partial charge in [-0.05, 0) is 24.8 Å². The van der Waals surface area contributed by atoms with Crippen LogP contribution in [0.5, 0.6) is 0 Å². The monoisotopic (exact) mass is 273 g/mol. The van der Waals surface area contributed by atoms with Crippen LogP contribution in [0.1, 0.15) is 42.1 Å². The van der Waals surface area contributed by atoms with Crippen molar-refractivity contribution in [3.8, 4) is 0 Å². The zero-order valence-electron chi connectivity index (χ0n) is 11.4. The Morgan fingerprint density at radius 2 is 2.15 bits per heavy atom. The Labute approximate surface area is 118 Å². The Balaban J connectivity index is 1.66. The van der Waals surface area contributed by atoms with Crippen molar-refractivity contribution in [1.82, 2.24) is 10.1 Å². The first-order valence-electron chi connectivity index (χ1n) is 7.03. The van der Waals surface area contributed by atoms with Gasteiger partial charge in [0.2, 0.25) is 5.89 Å². The van der Waals surface area contributed by atoms with Crippen LogP contribution in [-0.2, 0) is 11.2 Å². The molecule has 0 amide bonds. The highest BCUT2D eigenvalue weighted by Gasteiger charge is 2.23. The first-order chi connectivity index (χ1) is 9.83. The van der Waals surface area contributed by atoms with Crippen LogP contribution < -0.4 is 5.73 Å². The van der Waals surface area contributed by atoms with E-state index < -0.39 is 0 Å². The molecule has 1 aliphatic heterocycles. The molecule has 5 nitrogen and oxygen atoms in total. The molecule has 0 spiro atoms. The van der Waals surface area contributed by atoms with Crippen LogP contribution in [0.3, 0.4) is 0 Å². The quantitative estimate of drug-likeness (QED) is 0.924. The number of hydrogen-bond donors (Lipinski definition) is 1. The lowest BCUT2D eigenvalue weighted by Gasteiger charge is -2.18. The first kappa shape index (κ1) is 13.3. The van der Waals surface area contributed by atoms with Gasteiger partial charge < -0.3 is 15.0 Å². The molecule has 1 aromatic carbocycles. The SMILES string of the molecule is NC(Cc1ccccc1)c1nc(C2CCCOC2)no1. The van der Waals surface area contributed by atoms with Crippen molar-refractivity contribution in [3.05, 3.63) is 47.6 Å². The molecule has 1 aliphatic rings. The molecule has 106 valence electrons. The number of aromatic nitrogens is 2. The summed E-state index contributed by atoms with van der Waals surface area (Å²) in [5, 5.41) is 4.06. The van der Waals surface area contributed by atoms with Crippen molar-refractivity contribution in [2.24, 2.45) is 5.73 Å². The summed E-state index contributed by atoms with van der Waals surface area (Å²) >= 11 is 0. The minimum absolute atomic E-state index is 0.241. The predicted octanol–water partition coefficient (Wildman–Crippen LogP) is 2.21. The van der Waals surface area contributed by atoms with E-state index in [0.717, 1.165) is 25.3 Å². The minimum atomic E-state index is -0.261. The Hall–Kier alpha value is -1.72. The maximum atomic E-state index is 6.14. The first-order valence-corrected chi connectivity index (χ1v) is 7.03. The van der Waals surface area contributed by atoms with Gasteiger partial charge in [-0.25, -0.2) is 0 Å². The van der Waals surface area contributed by atoms with Crippen molar-refractivity contribution in [2.45, 2.75) is 31.2 Å². The smallest absolute Gasteiger partial charge is 0.243 e. The molecule has 2 unspecified atom stereocenters. The molecular weight excluding hydrogens is 254 g/mol. The van der Waals surface area contributed by atoms with Gasteiger partial charge in [-0.2, -0.15) is 4.98 Å². The standard InChI is InChI=1S/C15H19N3O2/c16-13(9-11-5-2-1-3-6-11)15-17-14(18-20-15)12-7-4-8-19-10-12/h1-3,5-6,12-13H,4,7-10,16H2.